The van der Waals surface area contributed by atoms with Crippen LogP contribution in [0.1, 0.15) is 16.2 Å². The van der Waals surface area contributed by atoms with Gasteiger partial charge >= 0.3 is 0 Å². The molecule has 6 nitrogen and oxygen atoms in total. The number of aromatic amines is 1. The van der Waals surface area contributed by atoms with Crippen LogP contribution in [0, 0.1) is 0 Å². The van der Waals surface area contributed by atoms with E-state index in [2.05, 4.69) is 20.4 Å². The number of amides is 1. The first-order valence-electron chi connectivity index (χ1n) is 8.11. The van der Waals surface area contributed by atoms with Crippen LogP contribution in [0.15, 0.2) is 67.0 Å². The van der Waals surface area contributed by atoms with Crippen LogP contribution >= 0.6 is 0 Å². The maximum Gasteiger partial charge on any atom is 0.251 e. The van der Waals surface area contributed by atoms with E-state index < -0.39 is 0 Å². The highest BCUT2D eigenvalue weighted by atomic mass is 16.1. The molecule has 1 amide bonds. The lowest BCUT2D eigenvalue weighted by atomic mass is 10.2. The Morgan fingerprint density at radius 3 is 2.88 bits per heavy atom. The van der Waals surface area contributed by atoms with Crippen molar-refractivity contribution in [1.82, 2.24) is 25.1 Å². The zero-order chi connectivity index (χ0) is 17.1. The molecule has 2 aromatic carbocycles. The quantitative estimate of drug-likeness (QED) is 0.590. The summed E-state index contributed by atoms with van der Waals surface area (Å²) < 4.78 is 1.73. The molecule has 6 heteroatoms. The molecule has 25 heavy (non-hydrogen) atoms. The highest BCUT2D eigenvalue weighted by Crippen LogP contribution is 2.11. The number of carbonyl (C=O) groups excluding carboxylic acids is 1. The largest absolute Gasteiger partial charge is 0.352 e. The van der Waals surface area contributed by atoms with Crippen LogP contribution < -0.4 is 5.32 Å². The summed E-state index contributed by atoms with van der Waals surface area (Å²) in [5, 5.41) is 7.12. The summed E-state index contributed by atoms with van der Waals surface area (Å²) in [6.07, 6.45) is 4.21. The summed E-state index contributed by atoms with van der Waals surface area (Å²) in [7, 11) is 0. The standard InChI is InChI=1S/C19H17N5O/c25-19(14-5-3-6-15(13-14)24-12-4-10-21-24)20-11-9-18-22-16-7-1-2-8-17(16)23-18/h1-8,10,12-13H,9,11H2,(H,20,25)(H,22,23). The molecule has 2 aromatic heterocycles. The van der Waals surface area contributed by atoms with Gasteiger partial charge < -0.3 is 10.3 Å². The smallest absolute Gasteiger partial charge is 0.251 e. The Bertz CT molecular complexity index is 971. The lowest BCUT2D eigenvalue weighted by molar-refractivity contribution is 0.0954. The number of nitrogens with zero attached hydrogens (tertiary/aromatic N) is 3. The fourth-order valence-electron chi connectivity index (χ4n) is 2.73. The Morgan fingerprint density at radius 1 is 1.12 bits per heavy atom. The number of rotatable bonds is 5. The molecule has 0 atom stereocenters. The van der Waals surface area contributed by atoms with Gasteiger partial charge in [-0.1, -0.05) is 18.2 Å². The molecule has 2 N–H and O–H groups in total. The number of hydrogen-bond donors (Lipinski definition) is 2. The van der Waals surface area contributed by atoms with E-state index in [0.29, 0.717) is 18.5 Å². The molecule has 4 rings (SSSR count). The number of aromatic nitrogens is 4. The van der Waals surface area contributed by atoms with Gasteiger partial charge in [0.2, 0.25) is 0 Å². The molecule has 0 aliphatic heterocycles. The van der Waals surface area contributed by atoms with E-state index in [1.807, 2.05) is 54.7 Å². The normalized spacial score (nSPS) is 10.9. The minimum Gasteiger partial charge on any atom is -0.352 e. The Hall–Kier alpha value is -3.41. The fourth-order valence-corrected chi connectivity index (χ4v) is 2.73. The van der Waals surface area contributed by atoms with Gasteiger partial charge in [-0.15, -0.1) is 0 Å². The first kappa shape index (κ1) is 15.1. The number of hydrogen-bond acceptors (Lipinski definition) is 3. The van der Waals surface area contributed by atoms with Crippen LogP contribution in [-0.4, -0.2) is 32.2 Å². The van der Waals surface area contributed by atoms with E-state index in [1.165, 1.54) is 0 Å². The molecular weight excluding hydrogens is 314 g/mol. The van der Waals surface area contributed by atoms with Gasteiger partial charge in [0.25, 0.3) is 5.91 Å². The molecule has 2 heterocycles. The minimum absolute atomic E-state index is 0.106. The monoisotopic (exact) mass is 331 g/mol. The molecule has 0 unspecified atom stereocenters. The van der Waals surface area contributed by atoms with Crippen LogP contribution in [0.5, 0.6) is 0 Å². The minimum atomic E-state index is -0.106. The predicted octanol–water partition coefficient (Wildman–Crippen LogP) is 2.72. The van der Waals surface area contributed by atoms with Gasteiger partial charge in [-0.3, -0.25) is 4.79 Å². The summed E-state index contributed by atoms with van der Waals surface area (Å²) in [5.41, 5.74) is 3.42. The lowest BCUT2D eigenvalue weighted by Gasteiger charge is -2.06. The molecule has 124 valence electrons. The van der Waals surface area contributed by atoms with Crippen molar-refractivity contribution in [3.8, 4) is 5.69 Å². The van der Waals surface area contributed by atoms with Gasteiger partial charge in [0.15, 0.2) is 0 Å². The zero-order valence-corrected chi connectivity index (χ0v) is 13.5. The third-order valence-electron chi connectivity index (χ3n) is 3.96. The van der Waals surface area contributed by atoms with E-state index in [4.69, 9.17) is 0 Å². The second-order valence-electron chi connectivity index (χ2n) is 5.71. The van der Waals surface area contributed by atoms with Crippen molar-refractivity contribution in [3.63, 3.8) is 0 Å². The third-order valence-corrected chi connectivity index (χ3v) is 3.96. The topological polar surface area (TPSA) is 75.6 Å². The molecule has 0 saturated heterocycles. The predicted molar refractivity (Wildman–Crippen MR) is 95.7 cm³/mol. The second-order valence-corrected chi connectivity index (χ2v) is 5.71. The van der Waals surface area contributed by atoms with E-state index in [0.717, 1.165) is 22.5 Å². The molecule has 0 bridgehead atoms. The van der Waals surface area contributed by atoms with Gasteiger partial charge in [-0.2, -0.15) is 5.10 Å². The number of H-pyrrole nitrogens is 1. The molecule has 0 saturated carbocycles. The summed E-state index contributed by atoms with van der Waals surface area (Å²) in [4.78, 5) is 20.1. The van der Waals surface area contributed by atoms with E-state index in [9.17, 15) is 4.79 Å². The molecule has 4 aromatic rings. The van der Waals surface area contributed by atoms with Gasteiger partial charge in [0, 0.05) is 30.9 Å². The first-order chi connectivity index (χ1) is 12.3. The molecular formula is C19H17N5O. The third kappa shape index (κ3) is 3.28. The van der Waals surface area contributed by atoms with Gasteiger partial charge in [0.05, 0.1) is 16.7 Å². The van der Waals surface area contributed by atoms with Crippen molar-refractivity contribution in [3.05, 3.63) is 78.4 Å². The average Bonchev–Trinajstić information content (AvgIpc) is 3.31. The molecule has 0 radical (unpaired) electrons. The van der Waals surface area contributed by atoms with Crippen LogP contribution in [0.3, 0.4) is 0 Å². The zero-order valence-electron chi connectivity index (χ0n) is 13.5. The van der Waals surface area contributed by atoms with Crippen molar-refractivity contribution >= 4 is 16.9 Å². The van der Waals surface area contributed by atoms with Crippen molar-refractivity contribution in [2.45, 2.75) is 6.42 Å². The van der Waals surface area contributed by atoms with Crippen molar-refractivity contribution in [1.29, 1.82) is 0 Å². The van der Waals surface area contributed by atoms with E-state index in [1.54, 1.807) is 16.9 Å². The van der Waals surface area contributed by atoms with Gasteiger partial charge in [-0.25, -0.2) is 9.67 Å². The number of para-hydroxylation sites is 2. The van der Waals surface area contributed by atoms with Crippen LogP contribution in [-0.2, 0) is 6.42 Å². The average molecular weight is 331 g/mol. The Labute approximate surface area is 144 Å². The Kier molecular flexibility index (Phi) is 4.00. The fraction of sp³-hybridized carbons (Fsp3) is 0.105. The van der Waals surface area contributed by atoms with Crippen LogP contribution in [0.25, 0.3) is 16.7 Å². The van der Waals surface area contributed by atoms with Gasteiger partial charge in [-0.05, 0) is 36.4 Å². The maximum atomic E-state index is 12.4. The summed E-state index contributed by atoms with van der Waals surface area (Å²) in [6, 6.07) is 17.1. The number of carbonyl (C=O) groups is 1. The number of fused-ring (bicyclic) bond motifs is 1. The summed E-state index contributed by atoms with van der Waals surface area (Å²) >= 11 is 0. The SMILES string of the molecule is O=C(NCCc1nc2ccccc2[nH]1)c1cccc(-n2cccn2)c1. The Morgan fingerprint density at radius 2 is 2.04 bits per heavy atom. The molecule has 0 aliphatic rings. The number of imidazole rings is 1. The molecule has 0 spiro atoms. The van der Waals surface area contributed by atoms with E-state index in [-0.39, 0.29) is 5.91 Å². The highest BCUT2D eigenvalue weighted by Gasteiger charge is 2.08. The number of nitrogens with one attached hydrogen (secondary N) is 2. The summed E-state index contributed by atoms with van der Waals surface area (Å²) in [6.45, 7) is 0.519. The summed E-state index contributed by atoms with van der Waals surface area (Å²) in [5.74, 6) is 0.761. The maximum absolute atomic E-state index is 12.4. The van der Waals surface area contributed by atoms with E-state index >= 15 is 0 Å². The number of benzene rings is 2. The highest BCUT2D eigenvalue weighted by molar-refractivity contribution is 5.94. The van der Waals surface area contributed by atoms with Gasteiger partial charge in [0.1, 0.15) is 5.82 Å². The van der Waals surface area contributed by atoms with Crippen LogP contribution in [0.4, 0.5) is 0 Å². The Balaban J connectivity index is 1.39. The van der Waals surface area contributed by atoms with Crippen molar-refractivity contribution < 1.29 is 4.79 Å². The van der Waals surface area contributed by atoms with Crippen molar-refractivity contribution in [2.24, 2.45) is 0 Å². The second kappa shape index (κ2) is 6.60. The van der Waals surface area contributed by atoms with Crippen LogP contribution in [0.2, 0.25) is 0 Å². The first-order valence-corrected chi connectivity index (χ1v) is 8.11. The van der Waals surface area contributed by atoms with Crippen molar-refractivity contribution in [2.75, 3.05) is 6.54 Å². The lowest BCUT2D eigenvalue weighted by Crippen LogP contribution is -2.26. The molecule has 0 fully saturated rings. The molecule has 0 aliphatic carbocycles.